The van der Waals surface area contributed by atoms with Crippen LogP contribution in [0.3, 0.4) is 0 Å². The van der Waals surface area contributed by atoms with Crippen LogP contribution in [-0.2, 0) is 12.8 Å². The molecule has 0 amide bonds. The van der Waals surface area contributed by atoms with E-state index in [-0.39, 0.29) is 11.5 Å². The molecule has 1 aromatic heterocycles. The van der Waals surface area contributed by atoms with E-state index in [2.05, 4.69) is 71.2 Å². The number of aryl methyl sites for hydroxylation is 4. The van der Waals surface area contributed by atoms with Gasteiger partial charge in [0.15, 0.2) is 0 Å². The smallest absolute Gasteiger partial charge is 0.0591 e. The van der Waals surface area contributed by atoms with Gasteiger partial charge >= 0.3 is 0 Å². The highest BCUT2D eigenvalue weighted by Crippen LogP contribution is 2.29. The van der Waals surface area contributed by atoms with Crippen molar-refractivity contribution in [3.8, 4) is 0 Å². The number of benzene rings is 1. The largest absolute Gasteiger partial charge is 0.393 e. The highest BCUT2D eigenvalue weighted by molar-refractivity contribution is 7.10. The minimum Gasteiger partial charge on any atom is -0.393 e. The van der Waals surface area contributed by atoms with Gasteiger partial charge < -0.3 is 5.11 Å². The van der Waals surface area contributed by atoms with E-state index in [0.29, 0.717) is 5.92 Å². The summed E-state index contributed by atoms with van der Waals surface area (Å²) in [6.45, 7) is 13.0. The molecule has 2 atom stereocenters. The number of aliphatic hydroxyl groups excluding tert-OH is 1. The Morgan fingerprint density at radius 2 is 1.77 bits per heavy atom. The van der Waals surface area contributed by atoms with Gasteiger partial charge in [0, 0.05) is 4.88 Å². The predicted molar refractivity (Wildman–Crippen MR) is 115 cm³/mol. The van der Waals surface area contributed by atoms with Crippen molar-refractivity contribution in [1.82, 2.24) is 0 Å². The Morgan fingerprint density at radius 1 is 1.04 bits per heavy atom. The topological polar surface area (TPSA) is 20.2 Å². The number of aliphatic hydroxyl groups is 1. The van der Waals surface area contributed by atoms with E-state index in [4.69, 9.17) is 0 Å². The minimum absolute atomic E-state index is 0.0404. The fourth-order valence-corrected chi connectivity index (χ4v) is 4.42. The Hall–Kier alpha value is -1.12. The van der Waals surface area contributed by atoms with Crippen molar-refractivity contribution >= 4 is 11.3 Å². The molecule has 1 N–H and O–H groups in total. The van der Waals surface area contributed by atoms with Gasteiger partial charge in [-0.1, -0.05) is 45.9 Å². The molecule has 0 aliphatic carbocycles. The van der Waals surface area contributed by atoms with Crippen LogP contribution in [-0.4, -0.2) is 11.2 Å². The van der Waals surface area contributed by atoms with Gasteiger partial charge in [0.2, 0.25) is 0 Å². The summed E-state index contributed by atoms with van der Waals surface area (Å²) >= 11 is 1.89. The van der Waals surface area contributed by atoms with E-state index in [9.17, 15) is 5.11 Å². The molecule has 0 bridgehead atoms. The molecular weight excluding hydrogens is 336 g/mol. The van der Waals surface area contributed by atoms with Gasteiger partial charge in [0.05, 0.1) is 6.10 Å². The molecule has 0 radical (unpaired) electrons. The number of hydrogen-bond donors (Lipinski definition) is 1. The average Bonchev–Trinajstić information content (AvgIpc) is 2.98. The second-order valence-corrected chi connectivity index (χ2v) is 9.84. The van der Waals surface area contributed by atoms with Gasteiger partial charge in [-0.2, -0.15) is 0 Å². The maximum absolute atomic E-state index is 10.3. The fraction of sp³-hybridized carbons (Fsp3) is 0.583. The van der Waals surface area contributed by atoms with Crippen LogP contribution in [0.1, 0.15) is 80.0 Å². The lowest BCUT2D eigenvalue weighted by atomic mass is 9.84. The second-order valence-electron chi connectivity index (χ2n) is 8.84. The first-order valence-corrected chi connectivity index (χ1v) is 10.9. The lowest BCUT2D eigenvalue weighted by Gasteiger charge is -2.26. The quantitative estimate of drug-likeness (QED) is 0.538. The molecular formula is C24H36OS. The van der Waals surface area contributed by atoms with Crippen molar-refractivity contribution in [1.29, 1.82) is 0 Å². The zero-order valence-corrected chi connectivity index (χ0v) is 18.2. The fourth-order valence-electron chi connectivity index (χ4n) is 3.52. The molecule has 0 spiro atoms. The number of rotatable bonds is 8. The van der Waals surface area contributed by atoms with E-state index in [0.717, 1.165) is 12.8 Å². The Morgan fingerprint density at radius 3 is 2.31 bits per heavy atom. The van der Waals surface area contributed by atoms with Crippen molar-refractivity contribution < 1.29 is 5.11 Å². The van der Waals surface area contributed by atoms with Crippen molar-refractivity contribution in [3.63, 3.8) is 0 Å². The van der Waals surface area contributed by atoms with Gasteiger partial charge in [-0.3, -0.25) is 0 Å². The lowest BCUT2D eigenvalue weighted by molar-refractivity contribution is 0.0560. The average molecular weight is 373 g/mol. The third-order valence-corrected chi connectivity index (χ3v) is 6.66. The van der Waals surface area contributed by atoms with Crippen molar-refractivity contribution in [2.24, 2.45) is 5.41 Å². The molecule has 0 aliphatic heterocycles. The van der Waals surface area contributed by atoms with Gasteiger partial charge in [-0.25, -0.2) is 0 Å². The molecule has 1 aromatic carbocycles. The summed E-state index contributed by atoms with van der Waals surface area (Å²) in [5, 5.41) is 12.6. The Labute approximate surface area is 164 Å². The molecule has 0 saturated carbocycles. The molecule has 2 aromatic rings. The lowest BCUT2D eigenvalue weighted by Crippen LogP contribution is -2.26. The zero-order chi connectivity index (χ0) is 19.3. The third kappa shape index (κ3) is 5.96. The van der Waals surface area contributed by atoms with E-state index < -0.39 is 0 Å². The maximum Gasteiger partial charge on any atom is 0.0591 e. The molecule has 2 heteroatoms. The Bertz CT molecular complexity index is 692. The molecule has 26 heavy (non-hydrogen) atoms. The Balaban J connectivity index is 1.99. The van der Waals surface area contributed by atoms with Crippen molar-refractivity contribution in [2.75, 3.05) is 0 Å². The van der Waals surface area contributed by atoms with Crippen molar-refractivity contribution in [2.45, 2.75) is 85.7 Å². The third-order valence-electron chi connectivity index (χ3n) is 5.54. The summed E-state index contributed by atoms with van der Waals surface area (Å²) in [6, 6.07) is 9.32. The first-order chi connectivity index (χ1) is 12.2. The first-order valence-electron chi connectivity index (χ1n) is 10.0. The summed E-state index contributed by atoms with van der Waals surface area (Å²) in [4.78, 5) is 1.51. The molecule has 0 fully saturated rings. The maximum atomic E-state index is 10.3. The summed E-state index contributed by atoms with van der Waals surface area (Å²) in [6.07, 6.45) is 5.12. The molecule has 2 rings (SSSR count). The minimum atomic E-state index is -0.251. The van der Waals surface area contributed by atoms with Gasteiger partial charge in [-0.15, -0.1) is 11.3 Å². The highest BCUT2D eigenvalue weighted by Gasteiger charge is 2.22. The molecule has 2 unspecified atom stereocenters. The standard InChI is InChI=1S/C24H36OS/c1-7-19(10-12-22-14-17(2)16-26-22)21-9-8-20(18(3)15-21)11-13-23(25)24(4,5)6/h8-9,14-16,19,23,25H,7,10-13H2,1-6H3. The van der Waals surface area contributed by atoms with E-state index in [1.807, 2.05) is 11.3 Å². The van der Waals surface area contributed by atoms with Crippen LogP contribution >= 0.6 is 11.3 Å². The number of hydrogen-bond acceptors (Lipinski definition) is 2. The van der Waals surface area contributed by atoms with Crippen molar-refractivity contribution in [3.05, 3.63) is 56.8 Å². The summed E-state index contributed by atoms with van der Waals surface area (Å²) < 4.78 is 0. The summed E-state index contributed by atoms with van der Waals surface area (Å²) in [7, 11) is 0. The molecule has 0 aliphatic rings. The molecule has 144 valence electrons. The van der Waals surface area contributed by atoms with Crippen LogP contribution in [0.5, 0.6) is 0 Å². The van der Waals surface area contributed by atoms with Crippen LogP contribution in [0, 0.1) is 19.3 Å². The van der Waals surface area contributed by atoms with Crippen LogP contribution < -0.4 is 0 Å². The van der Waals surface area contributed by atoms with Gasteiger partial charge in [0.1, 0.15) is 0 Å². The first kappa shape index (κ1) is 21.2. The monoisotopic (exact) mass is 372 g/mol. The highest BCUT2D eigenvalue weighted by atomic mass is 32.1. The molecule has 1 heterocycles. The zero-order valence-electron chi connectivity index (χ0n) is 17.4. The molecule has 0 saturated heterocycles. The molecule has 1 nitrogen and oxygen atoms in total. The van der Waals surface area contributed by atoms with Crippen LogP contribution in [0.4, 0.5) is 0 Å². The van der Waals surface area contributed by atoms with Crippen LogP contribution in [0.15, 0.2) is 29.6 Å². The summed E-state index contributed by atoms with van der Waals surface area (Å²) in [5.41, 5.74) is 5.56. The van der Waals surface area contributed by atoms with Gasteiger partial charge in [0.25, 0.3) is 0 Å². The van der Waals surface area contributed by atoms with E-state index in [1.165, 1.54) is 46.4 Å². The normalized spacial score (nSPS) is 14.4. The Kier molecular flexibility index (Phi) is 7.49. The predicted octanol–water partition coefficient (Wildman–Crippen LogP) is 6.83. The van der Waals surface area contributed by atoms with Crippen LogP contribution in [0.25, 0.3) is 0 Å². The van der Waals surface area contributed by atoms with E-state index >= 15 is 0 Å². The summed E-state index contributed by atoms with van der Waals surface area (Å²) in [5.74, 6) is 0.630. The van der Waals surface area contributed by atoms with Gasteiger partial charge in [-0.05, 0) is 91.0 Å². The number of thiophene rings is 1. The second kappa shape index (κ2) is 9.19. The SMILES string of the molecule is CCC(CCc1cc(C)cs1)c1ccc(CCC(O)C(C)(C)C)c(C)c1. The van der Waals surface area contributed by atoms with E-state index in [1.54, 1.807) is 0 Å². The van der Waals surface area contributed by atoms with Crippen LogP contribution in [0.2, 0.25) is 0 Å².